The van der Waals surface area contributed by atoms with Crippen molar-refractivity contribution in [1.29, 1.82) is 0 Å². The Kier molecular flexibility index (Phi) is 19.6. The molecule has 3 nitrogen and oxygen atoms in total. The third-order valence-electron chi connectivity index (χ3n) is 0.800. The van der Waals surface area contributed by atoms with Crippen molar-refractivity contribution in [2.45, 2.75) is 0 Å². The van der Waals surface area contributed by atoms with Gasteiger partial charge >= 0.3 is 28.2 Å². The van der Waals surface area contributed by atoms with Crippen LogP contribution in [0.4, 0.5) is 5.69 Å². The van der Waals surface area contributed by atoms with Gasteiger partial charge in [0.05, 0.1) is 0 Å². The van der Waals surface area contributed by atoms with Gasteiger partial charge in [-0.2, -0.15) is 0 Å². The molecule has 0 bridgehead atoms. The first-order valence-electron chi connectivity index (χ1n) is 2.32. The first kappa shape index (κ1) is 17.1. The molecule has 8 N–H and O–H groups in total. The molecule has 1 rings (SSSR count). The van der Waals surface area contributed by atoms with Gasteiger partial charge in [-0.3, -0.25) is 0 Å². The van der Waals surface area contributed by atoms with Crippen molar-refractivity contribution >= 4 is 15.1 Å². The molecule has 11 heavy (non-hydrogen) atoms. The summed E-state index contributed by atoms with van der Waals surface area (Å²) in [4.78, 5) is 0. The molecule has 0 saturated carbocycles. The predicted octanol–water partition coefficient (Wildman–Crippen LogP) is 2.28. The monoisotopic (exact) mass is 357 g/mol. The molecule has 1 aromatic carbocycles. The fourth-order valence-corrected chi connectivity index (χ4v) is 0.453. The van der Waals surface area contributed by atoms with Gasteiger partial charge < -0.3 is 18.0 Å². The van der Waals surface area contributed by atoms with E-state index in [4.69, 9.17) is 5.73 Å². The fraction of sp³-hybridized carbons (Fsp3) is 0. The number of nitrogen functional groups attached to an aromatic ring is 1. The number of para-hydroxylation sites is 1. The molecule has 0 unspecified atom stereocenters. The molecular formula is C6H13ClN3Pt. The third-order valence-corrected chi connectivity index (χ3v) is 0.800. The van der Waals surface area contributed by atoms with Crippen molar-refractivity contribution < 1.29 is 18.8 Å². The molecule has 0 heterocycles. The van der Waals surface area contributed by atoms with Crippen LogP contribution >= 0.6 is 9.42 Å². The first-order valence-corrected chi connectivity index (χ1v) is 5.13. The van der Waals surface area contributed by atoms with Crippen LogP contribution in [-0.2, 0) is 18.8 Å². The summed E-state index contributed by atoms with van der Waals surface area (Å²) in [5, 5.41) is 0. The van der Waals surface area contributed by atoms with Crippen LogP contribution in [0.25, 0.3) is 0 Å². The molecule has 0 atom stereocenters. The summed E-state index contributed by atoms with van der Waals surface area (Å²) in [6.07, 6.45) is 0. The van der Waals surface area contributed by atoms with Gasteiger partial charge in [0.1, 0.15) is 0 Å². The van der Waals surface area contributed by atoms with Crippen LogP contribution in [0.3, 0.4) is 0 Å². The van der Waals surface area contributed by atoms with Crippen molar-refractivity contribution in [3.8, 4) is 0 Å². The van der Waals surface area contributed by atoms with Crippen molar-refractivity contribution in [3.63, 3.8) is 0 Å². The molecule has 0 spiro atoms. The van der Waals surface area contributed by atoms with Crippen LogP contribution in [0.15, 0.2) is 30.3 Å². The molecule has 69 valence electrons. The van der Waals surface area contributed by atoms with E-state index in [1.165, 1.54) is 0 Å². The van der Waals surface area contributed by atoms with Gasteiger partial charge in [0.15, 0.2) is 0 Å². The standard InChI is InChI=1S/C6H7N.ClH.2H3N.Pt/c7-6-4-2-1-3-5-6;;;;/h1-5H,7H2;1H;2*1H3;/q;;;;+1/p-1. The number of benzene rings is 1. The summed E-state index contributed by atoms with van der Waals surface area (Å²) >= 11 is 1.61. The molecule has 0 aliphatic carbocycles. The van der Waals surface area contributed by atoms with Crippen molar-refractivity contribution in [2.75, 3.05) is 5.73 Å². The van der Waals surface area contributed by atoms with E-state index in [-0.39, 0.29) is 12.3 Å². The Hall–Kier alpha value is -0.0817. The molecular weight excluding hydrogens is 345 g/mol. The average Bonchev–Trinajstić information content (AvgIpc) is 1.94. The van der Waals surface area contributed by atoms with Crippen molar-refractivity contribution in [1.82, 2.24) is 12.3 Å². The summed E-state index contributed by atoms with van der Waals surface area (Å²) in [7, 11) is 4.61. The zero-order valence-electron chi connectivity index (χ0n) is 6.07. The van der Waals surface area contributed by atoms with E-state index in [0.717, 1.165) is 5.69 Å². The van der Waals surface area contributed by atoms with Gasteiger partial charge in [-0.25, -0.2) is 0 Å². The summed E-state index contributed by atoms with van der Waals surface area (Å²) < 4.78 is 0. The molecule has 5 heteroatoms. The number of anilines is 1. The second-order valence-corrected chi connectivity index (χ2v) is 1.41. The average molecular weight is 358 g/mol. The summed E-state index contributed by atoms with van der Waals surface area (Å²) in [5.74, 6) is 0. The second kappa shape index (κ2) is 12.6. The number of rotatable bonds is 0. The Labute approximate surface area is 82.3 Å². The van der Waals surface area contributed by atoms with Crippen LogP contribution < -0.4 is 18.0 Å². The minimum absolute atomic E-state index is 0. The van der Waals surface area contributed by atoms with E-state index in [1.54, 1.807) is 18.8 Å². The van der Waals surface area contributed by atoms with Crippen LogP contribution in [0.2, 0.25) is 0 Å². The van der Waals surface area contributed by atoms with Crippen LogP contribution in [-0.4, -0.2) is 0 Å². The molecule has 1 aromatic rings. The fourth-order valence-electron chi connectivity index (χ4n) is 0.453. The molecule has 0 fully saturated rings. The summed E-state index contributed by atoms with van der Waals surface area (Å²) in [6, 6.07) is 9.49. The van der Waals surface area contributed by atoms with Gasteiger partial charge in [-0.05, 0) is 12.1 Å². The molecule has 0 radical (unpaired) electrons. The zero-order chi connectivity index (χ0) is 7.11. The van der Waals surface area contributed by atoms with E-state index in [0.29, 0.717) is 0 Å². The number of halogens is 1. The topological polar surface area (TPSA) is 96.0 Å². The number of hydrogen-bond donors (Lipinski definition) is 3. The SMILES string of the molecule is N.N.Nc1ccccc1.[Cl][Pt]. The van der Waals surface area contributed by atoms with Gasteiger partial charge in [0.2, 0.25) is 0 Å². The summed E-state index contributed by atoms with van der Waals surface area (Å²) in [6.45, 7) is 0. The van der Waals surface area contributed by atoms with Gasteiger partial charge in [-0.1, -0.05) is 18.2 Å². The van der Waals surface area contributed by atoms with Crippen molar-refractivity contribution in [2.24, 2.45) is 0 Å². The van der Waals surface area contributed by atoms with Crippen LogP contribution in [0.1, 0.15) is 0 Å². The first-order chi connectivity index (χ1) is 4.39. The van der Waals surface area contributed by atoms with E-state index >= 15 is 0 Å². The minimum atomic E-state index is 0. The zero-order valence-corrected chi connectivity index (χ0v) is 9.10. The second-order valence-electron chi connectivity index (χ2n) is 1.41. The van der Waals surface area contributed by atoms with Crippen LogP contribution in [0, 0.1) is 0 Å². The number of hydrogen-bond acceptors (Lipinski definition) is 3. The maximum atomic E-state index is 5.36. The quantitative estimate of drug-likeness (QED) is 0.621. The van der Waals surface area contributed by atoms with E-state index in [9.17, 15) is 0 Å². The van der Waals surface area contributed by atoms with Crippen molar-refractivity contribution in [3.05, 3.63) is 30.3 Å². The van der Waals surface area contributed by atoms with Crippen LogP contribution in [0.5, 0.6) is 0 Å². The van der Waals surface area contributed by atoms with Gasteiger partial charge in [0, 0.05) is 5.69 Å². The van der Waals surface area contributed by atoms with E-state index in [2.05, 4.69) is 9.42 Å². The van der Waals surface area contributed by atoms with Gasteiger partial charge in [-0.15, -0.1) is 0 Å². The molecule has 0 aliphatic rings. The maximum absolute atomic E-state index is 5.36. The molecule has 0 aromatic heterocycles. The molecule has 0 saturated heterocycles. The Morgan fingerprint density at radius 2 is 1.36 bits per heavy atom. The Morgan fingerprint density at radius 1 is 1.00 bits per heavy atom. The van der Waals surface area contributed by atoms with E-state index in [1.807, 2.05) is 30.3 Å². The molecule has 0 amide bonds. The Balaban J connectivity index is -0.000000149. The molecule has 0 aliphatic heterocycles. The predicted molar refractivity (Wildman–Crippen MR) is 46.8 cm³/mol. The Bertz CT molecular complexity index is 148. The van der Waals surface area contributed by atoms with Gasteiger partial charge in [0.25, 0.3) is 0 Å². The summed E-state index contributed by atoms with van der Waals surface area (Å²) in [5.41, 5.74) is 6.18. The number of nitrogens with two attached hydrogens (primary N) is 1. The Morgan fingerprint density at radius 3 is 1.55 bits per heavy atom. The third kappa shape index (κ3) is 9.92. The van der Waals surface area contributed by atoms with E-state index < -0.39 is 0 Å². The normalized spacial score (nSPS) is 6.09.